The summed E-state index contributed by atoms with van der Waals surface area (Å²) in [5, 5.41) is 8.95. The smallest absolute Gasteiger partial charge is 0.406 e. The van der Waals surface area contributed by atoms with Crippen LogP contribution in [0.15, 0.2) is 24.3 Å². The Morgan fingerprint density at radius 1 is 1.26 bits per heavy atom. The van der Waals surface area contributed by atoms with Gasteiger partial charge in [0.2, 0.25) is 0 Å². The van der Waals surface area contributed by atoms with Crippen molar-refractivity contribution in [2.24, 2.45) is 0 Å². The molecule has 0 spiro atoms. The van der Waals surface area contributed by atoms with E-state index in [0.29, 0.717) is 6.54 Å². The number of aliphatic hydroxyl groups excluding tert-OH is 1. The molecule has 0 saturated heterocycles. The fourth-order valence-electron chi connectivity index (χ4n) is 1.91. The van der Waals surface area contributed by atoms with Crippen LogP contribution in [-0.2, 0) is 0 Å². The maximum atomic E-state index is 12.0. The van der Waals surface area contributed by atoms with E-state index in [-0.39, 0.29) is 18.4 Å². The van der Waals surface area contributed by atoms with Gasteiger partial charge in [-0.25, -0.2) is 0 Å². The van der Waals surface area contributed by atoms with Crippen molar-refractivity contribution in [3.8, 4) is 5.75 Å². The third kappa shape index (κ3) is 5.08. The Kier molecular flexibility index (Phi) is 5.62. The average molecular weight is 277 g/mol. The maximum Gasteiger partial charge on any atom is 0.573 e. The fourth-order valence-corrected chi connectivity index (χ4v) is 1.91. The van der Waals surface area contributed by atoms with Gasteiger partial charge in [-0.05, 0) is 31.2 Å². The summed E-state index contributed by atoms with van der Waals surface area (Å²) in [6.07, 6.45) is -4.67. The van der Waals surface area contributed by atoms with Crippen molar-refractivity contribution in [3.05, 3.63) is 29.8 Å². The summed E-state index contributed by atoms with van der Waals surface area (Å²) in [5.41, 5.74) is 0.879. The summed E-state index contributed by atoms with van der Waals surface area (Å²) in [6.45, 7) is 5.24. The van der Waals surface area contributed by atoms with E-state index < -0.39 is 6.36 Å². The molecule has 6 heteroatoms. The van der Waals surface area contributed by atoms with Crippen LogP contribution in [0, 0.1) is 0 Å². The lowest BCUT2D eigenvalue weighted by Gasteiger charge is -2.27. The predicted octanol–water partition coefficient (Wildman–Crippen LogP) is 2.96. The van der Waals surface area contributed by atoms with Crippen molar-refractivity contribution in [3.63, 3.8) is 0 Å². The minimum absolute atomic E-state index is 0.0251. The molecule has 1 aromatic carbocycles. The number of rotatable bonds is 6. The van der Waals surface area contributed by atoms with Crippen LogP contribution in [0.3, 0.4) is 0 Å². The number of ether oxygens (including phenoxy) is 1. The van der Waals surface area contributed by atoms with Gasteiger partial charge in [0.15, 0.2) is 0 Å². The zero-order valence-corrected chi connectivity index (χ0v) is 10.9. The Morgan fingerprint density at radius 2 is 1.84 bits per heavy atom. The van der Waals surface area contributed by atoms with E-state index in [1.807, 2.05) is 18.7 Å². The van der Waals surface area contributed by atoms with Gasteiger partial charge in [-0.1, -0.05) is 19.1 Å². The second kappa shape index (κ2) is 6.77. The van der Waals surface area contributed by atoms with Gasteiger partial charge in [0.1, 0.15) is 5.75 Å². The number of alkyl halides is 3. The summed E-state index contributed by atoms with van der Waals surface area (Å²) < 4.78 is 39.9. The first kappa shape index (κ1) is 15.8. The molecule has 1 unspecified atom stereocenters. The van der Waals surface area contributed by atoms with Crippen LogP contribution < -0.4 is 4.74 Å². The van der Waals surface area contributed by atoms with E-state index >= 15 is 0 Å². The molecule has 1 atom stereocenters. The molecule has 0 aromatic heterocycles. The molecule has 0 amide bonds. The lowest BCUT2D eigenvalue weighted by molar-refractivity contribution is -0.274. The lowest BCUT2D eigenvalue weighted by atomic mass is 10.1. The summed E-state index contributed by atoms with van der Waals surface area (Å²) in [6, 6.07) is 5.83. The Morgan fingerprint density at radius 3 is 2.26 bits per heavy atom. The monoisotopic (exact) mass is 277 g/mol. The van der Waals surface area contributed by atoms with Crippen molar-refractivity contribution in [1.29, 1.82) is 0 Å². The van der Waals surface area contributed by atoms with Crippen LogP contribution >= 0.6 is 0 Å². The molecule has 19 heavy (non-hydrogen) atoms. The standard InChI is InChI=1S/C13H18F3NO2/c1-3-17(8-9-18)10(2)11-4-6-12(7-5-11)19-13(14,15)16/h4-7,10,18H,3,8-9H2,1-2H3. The van der Waals surface area contributed by atoms with Gasteiger partial charge in [-0.2, -0.15) is 0 Å². The molecular formula is C13H18F3NO2. The van der Waals surface area contributed by atoms with Crippen LogP contribution in [0.4, 0.5) is 13.2 Å². The van der Waals surface area contributed by atoms with E-state index in [9.17, 15) is 13.2 Å². The van der Waals surface area contributed by atoms with E-state index in [2.05, 4.69) is 4.74 Å². The first-order valence-electron chi connectivity index (χ1n) is 6.08. The minimum Gasteiger partial charge on any atom is -0.406 e. The van der Waals surface area contributed by atoms with Crippen molar-refractivity contribution in [2.75, 3.05) is 19.7 Å². The zero-order valence-electron chi connectivity index (χ0n) is 10.9. The molecule has 0 bridgehead atoms. The van der Waals surface area contributed by atoms with Gasteiger partial charge in [-0.15, -0.1) is 13.2 Å². The highest BCUT2D eigenvalue weighted by Gasteiger charge is 2.31. The molecule has 1 rings (SSSR count). The number of halogens is 3. The highest BCUT2D eigenvalue weighted by Crippen LogP contribution is 2.26. The van der Waals surface area contributed by atoms with Crippen LogP contribution in [0.25, 0.3) is 0 Å². The number of hydrogen-bond acceptors (Lipinski definition) is 3. The Balaban J connectivity index is 2.74. The molecule has 0 heterocycles. The molecule has 0 fully saturated rings. The number of likely N-dealkylation sites (N-methyl/N-ethyl adjacent to an activating group) is 1. The Labute approximate surface area is 110 Å². The van der Waals surface area contributed by atoms with Crippen molar-refractivity contribution in [2.45, 2.75) is 26.3 Å². The molecule has 0 radical (unpaired) electrons. The number of aliphatic hydroxyl groups is 1. The highest BCUT2D eigenvalue weighted by molar-refractivity contribution is 5.29. The SMILES string of the molecule is CCN(CCO)C(C)c1ccc(OC(F)(F)F)cc1. The van der Waals surface area contributed by atoms with Crippen LogP contribution in [0.1, 0.15) is 25.5 Å². The van der Waals surface area contributed by atoms with E-state index in [0.717, 1.165) is 12.1 Å². The van der Waals surface area contributed by atoms with Crippen molar-refractivity contribution < 1.29 is 23.0 Å². The molecular weight excluding hydrogens is 259 g/mol. The van der Waals surface area contributed by atoms with Gasteiger partial charge >= 0.3 is 6.36 Å². The quantitative estimate of drug-likeness (QED) is 0.867. The number of benzene rings is 1. The summed E-state index contributed by atoms with van der Waals surface area (Å²) in [5.74, 6) is -0.228. The largest absolute Gasteiger partial charge is 0.573 e. The molecule has 1 aromatic rings. The molecule has 0 aliphatic rings. The first-order valence-corrected chi connectivity index (χ1v) is 6.08. The number of hydrogen-bond donors (Lipinski definition) is 1. The minimum atomic E-state index is -4.67. The fraction of sp³-hybridized carbons (Fsp3) is 0.538. The third-order valence-electron chi connectivity index (χ3n) is 2.94. The molecule has 3 nitrogen and oxygen atoms in total. The van der Waals surface area contributed by atoms with Crippen LogP contribution in [0.2, 0.25) is 0 Å². The summed E-state index contributed by atoms with van der Waals surface area (Å²) in [4.78, 5) is 2.03. The van der Waals surface area contributed by atoms with E-state index in [1.165, 1.54) is 12.1 Å². The average Bonchev–Trinajstić information content (AvgIpc) is 2.34. The van der Waals surface area contributed by atoms with E-state index in [1.54, 1.807) is 12.1 Å². The Bertz CT molecular complexity index is 378. The lowest BCUT2D eigenvalue weighted by Crippen LogP contribution is -2.29. The van der Waals surface area contributed by atoms with Gasteiger partial charge in [0.05, 0.1) is 6.61 Å². The molecule has 0 aliphatic heterocycles. The third-order valence-corrected chi connectivity index (χ3v) is 2.94. The number of nitrogens with zero attached hydrogens (tertiary/aromatic N) is 1. The molecule has 0 aliphatic carbocycles. The molecule has 0 saturated carbocycles. The summed E-state index contributed by atoms with van der Waals surface area (Å²) >= 11 is 0. The van der Waals surface area contributed by atoms with Crippen LogP contribution in [-0.4, -0.2) is 36.1 Å². The zero-order chi connectivity index (χ0) is 14.5. The van der Waals surface area contributed by atoms with Gasteiger partial charge in [0, 0.05) is 12.6 Å². The maximum absolute atomic E-state index is 12.0. The Hall–Kier alpha value is -1.27. The second-order valence-electron chi connectivity index (χ2n) is 4.15. The van der Waals surface area contributed by atoms with E-state index in [4.69, 9.17) is 5.11 Å². The highest BCUT2D eigenvalue weighted by atomic mass is 19.4. The predicted molar refractivity (Wildman–Crippen MR) is 65.9 cm³/mol. The van der Waals surface area contributed by atoms with Crippen molar-refractivity contribution in [1.82, 2.24) is 4.90 Å². The first-order chi connectivity index (χ1) is 8.87. The van der Waals surface area contributed by atoms with Crippen LogP contribution in [0.5, 0.6) is 5.75 Å². The normalized spacial score (nSPS) is 13.6. The topological polar surface area (TPSA) is 32.7 Å². The van der Waals surface area contributed by atoms with Gasteiger partial charge in [-0.3, -0.25) is 4.90 Å². The van der Waals surface area contributed by atoms with Gasteiger partial charge in [0.25, 0.3) is 0 Å². The molecule has 108 valence electrons. The molecule has 1 N–H and O–H groups in total. The van der Waals surface area contributed by atoms with Crippen molar-refractivity contribution >= 4 is 0 Å². The van der Waals surface area contributed by atoms with Gasteiger partial charge < -0.3 is 9.84 Å². The second-order valence-corrected chi connectivity index (χ2v) is 4.15. The summed E-state index contributed by atoms with van der Waals surface area (Å²) in [7, 11) is 0.